The molecule has 1 fully saturated rings. The average Bonchev–Trinajstić information content (AvgIpc) is 2.37. The SMILES string of the molecule is CCCS(=O)(=O)CCN1CC(C(C)C)NCC1(C)CC. The Balaban J connectivity index is 2.71. The predicted molar refractivity (Wildman–Crippen MR) is 85.8 cm³/mol. The molecule has 1 heterocycles. The van der Waals surface area contributed by atoms with Crippen LogP contribution >= 0.6 is 0 Å². The highest BCUT2D eigenvalue weighted by Gasteiger charge is 2.37. The molecule has 0 bridgehead atoms. The lowest BCUT2D eigenvalue weighted by Crippen LogP contribution is -2.64. The summed E-state index contributed by atoms with van der Waals surface area (Å²) in [6.45, 7) is 13.3. The van der Waals surface area contributed by atoms with Gasteiger partial charge in [0.15, 0.2) is 9.84 Å². The van der Waals surface area contributed by atoms with Crippen LogP contribution in [0.15, 0.2) is 0 Å². The first kappa shape index (κ1) is 17.9. The van der Waals surface area contributed by atoms with Crippen molar-refractivity contribution in [3.05, 3.63) is 0 Å². The highest BCUT2D eigenvalue weighted by molar-refractivity contribution is 7.91. The summed E-state index contributed by atoms with van der Waals surface area (Å²) in [5, 5.41) is 3.62. The molecule has 0 spiro atoms. The summed E-state index contributed by atoms with van der Waals surface area (Å²) in [7, 11) is -2.89. The van der Waals surface area contributed by atoms with Gasteiger partial charge in [0.1, 0.15) is 0 Å². The smallest absolute Gasteiger partial charge is 0.151 e. The third kappa shape index (κ3) is 4.71. The van der Waals surface area contributed by atoms with Gasteiger partial charge in [0.25, 0.3) is 0 Å². The monoisotopic (exact) mass is 304 g/mol. The second-order valence-electron chi connectivity index (χ2n) is 6.68. The fourth-order valence-corrected chi connectivity index (χ4v) is 4.13. The van der Waals surface area contributed by atoms with E-state index in [4.69, 9.17) is 0 Å². The summed E-state index contributed by atoms with van der Waals surface area (Å²) in [6.07, 6.45) is 1.75. The first-order valence-corrected chi connectivity index (χ1v) is 9.75. The van der Waals surface area contributed by atoms with E-state index < -0.39 is 9.84 Å². The molecule has 1 rings (SSSR count). The van der Waals surface area contributed by atoms with Gasteiger partial charge in [-0.3, -0.25) is 4.90 Å². The van der Waals surface area contributed by atoms with Gasteiger partial charge < -0.3 is 5.32 Å². The highest BCUT2D eigenvalue weighted by Crippen LogP contribution is 2.24. The van der Waals surface area contributed by atoms with Crippen LogP contribution in [0.4, 0.5) is 0 Å². The number of nitrogens with zero attached hydrogens (tertiary/aromatic N) is 1. The zero-order chi connectivity index (χ0) is 15.4. The molecule has 0 saturated carbocycles. The summed E-state index contributed by atoms with van der Waals surface area (Å²) in [5.41, 5.74) is 0.0765. The van der Waals surface area contributed by atoms with Gasteiger partial charge in [0.05, 0.1) is 5.75 Å². The zero-order valence-corrected chi connectivity index (χ0v) is 14.6. The van der Waals surface area contributed by atoms with Gasteiger partial charge >= 0.3 is 0 Å². The molecule has 5 heteroatoms. The quantitative estimate of drug-likeness (QED) is 0.780. The standard InChI is InChI=1S/C15H32N2O2S/c1-6-9-20(18,19)10-8-17-11-14(13(3)4)16-12-15(17,5)7-2/h13-14,16H,6-12H2,1-5H3. The van der Waals surface area contributed by atoms with E-state index in [2.05, 4.69) is 37.9 Å². The van der Waals surface area contributed by atoms with E-state index in [1.54, 1.807) is 0 Å². The molecule has 2 atom stereocenters. The maximum absolute atomic E-state index is 11.9. The van der Waals surface area contributed by atoms with Gasteiger partial charge in [-0.15, -0.1) is 0 Å². The number of nitrogens with one attached hydrogen (secondary N) is 1. The topological polar surface area (TPSA) is 49.4 Å². The molecular formula is C15H32N2O2S. The van der Waals surface area contributed by atoms with Crippen LogP contribution < -0.4 is 5.32 Å². The van der Waals surface area contributed by atoms with Crippen molar-refractivity contribution in [3.8, 4) is 0 Å². The molecule has 0 aromatic heterocycles. The molecule has 4 nitrogen and oxygen atoms in total. The van der Waals surface area contributed by atoms with Crippen molar-refractivity contribution in [2.45, 2.75) is 59.0 Å². The van der Waals surface area contributed by atoms with Crippen LogP contribution in [0.1, 0.15) is 47.5 Å². The Hall–Kier alpha value is -0.130. The Morgan fingerprint density at radius 3 is 2.45 bits per heavy atom. The number of rotatable bonds is 7. The molecule has 1 aliphatic rings. The predicted octanol–water partition coefficient (Wildman–Crippen LogP) is 1.91. The minimum absolute atomic E-state index is 0.0765. The normalized spacial score (nSPS) is 29.0. The Morgan fingerprint density at radius 1 is 1.30 bits per heavy atom. The fourth-order valence-electron chi connectivity index (χ4n) is 2.80. The molecule has 0 aromatic rings. The molecule has 1 saturated heterocycles. The van der Waals surface area contributed by atoms with Crippen LogP contribution in [0.2, 0.25) is 0 Å². The lowest BCUT2D eigenvalue weighted by atomic mass is 9.89. The molecular weight excluding hydrogens is 272 g/mol. The summed E-state index contributed by atoms with van der Waals surface area (Å²) < 4.78 is 23.9. The largest absolute Gasteiger partial charge is 0.311 e. The molecule has 1 N–H and O–H groups in total. The van der Waals surface area contributed by atoms with Crippen LogP contribution in [0.5, 0.6) is 0 Å². The zero-order valence-electron chi connectivity index (χ0n) is 13.8. The number of sulfone groups is 1. The van der Waals surface area contributed by atoms with Crippen molar-refractivity contribution in [3.63, 3.8) is 0 Å². The van der Waals surface area contributed by atoms with Crippen molar-refractivity contribution in [2.24, 2.45) is 5.92 Å². The molecule has 0 aliphatic carbocycles. The van der Waals surface area contributed by atoms with E-state index in [-0.39, 0.29) is 5.54 Å². The molecule has 0 amide bonds. The van der Waals surface area contributed by atoms with Crippen LogP contribution in [0.3, 0.4) is 0 Å². The summed E-state index contributed by atoms with van der Waals surface area (Å²) in [4.78, 5) is 2.39. The van der Waals surface area contributed by atoms with Crippen molar-refractivity contribution < 1.29 is 8.42 Å². The third-order valence-corrected chi connectivity index (χ3v) is 6.51. The van der Waals surface area contributed by atoms with Crippen LogP contribution in [-0.2, 0) is 9.84 Å². The number of hydrogen-bond acceptors (Lipinski definition) is 4. The van der Waals surface area contributed by atoms with Crippen molar-refractivity contribution in [2.75, 3.05) is 31.1 Å². The van der Waals surface area contributed by atoms with E-state index in [0.717, 1.165) is 19.5 Å². The Kier molecular flexibility index (Phi) is 6.48. The first-order chi connectivity index (χ1) is 9.24. The third-order valence-electron chi connectivity index (χ3n) is 4.68. The summed E-state index contributed by atoms with van der Waals surface area (Å²) >= 11 is 0. The Labute approximate surface area is 125 Å². The van der Waals surface area contributed by atoms with Gasteiger partial charge in [0, 0.05) is 37.0 Å². The molecule has 120 valence electrons. The van der Waals surface area contributed by atoms with Crippen molar-refractivity contribution in [1.82, 2.24) is 10.2 Å². The van der Waals surface area contributed by atoms with E-state index in [1.165, 1.54) is 0 Å². The van der Waals surface area contributed by atoms with Crippen LogP contribution in [0, 0.1) is 5.92 Å². The Morgan fingerprint density at radius 2 is 1.95 bits per heavy atom. The maximum atomic E-state index is 11.9. The highest BCUT2D eigenvalue weighted by atomic mass is 32.2. The minimum Gasteiger partial charge on any atom is -0.311 e. The minimum atomic E-state index is -2.89. The van der Waals surface area contributed by atoms with Crippen molar-refractivity contribution in [1.29, 1.82) is 0 Å². The van der Waals surface area contributed by atoms with Gasteiger partial charge in [0.2, 0.25) is 0 Å². The molecule has 0 aromatic carbocycles. The van der Waals surface area contributed by atoms with Crippen LogP contribution in [-0.4, -0.2) is 56.0 Å². The van der Waals surface area contributed by atoms with Gasteiger partial charge in [-0.25, -0.2) is 8.42 Å². The molecule has 2 unspecified atom stereocenters. The Bertz CT molecular complexity index is 395. The number of hydrogen-bond donors (Lipinski definition) is 1. The lowest BCUT2D eigenvalue weighted by molar-refractivity contribution is 0.0443. The van der Waals surface area contributed by atoms with Gasteiger partial charge in [-0.2, -0.15) is 0 Å². The van der Waals surface area contributed by atoms with Crippen LogP contribution in [0.25, 0.3) is 0 Å². The second-order valence-corrected chi connectivity index (χ2v) is 8.98. The number of piperazine rings is 1. The summed E-state index contributed by atoms with van der Waals surface area (Å²) in [5.74, 6) is 1.18. The van der Waals surface area contributed by atoms with E-state index in [0.29, 0.717) is 36.4 Å². The second kappa shape index (κ2) is 7.23. The summed E-state index contributed by atoms with van der Waals surface area (Å²) in [6, 6.07) is 0.462. The lowest BCUT2D eigenvalue weighted by Gasteiger charge is -2.49. The van der Waals surface area contributed by atoms with Gasteiger partial charge in [-0.05, 0) is 25.7 Å². The fraction of sp³-hybridized carbons (Fsp3) is 1.00. The van der Waals surface area contributed by atoms with E-state index in [9.17, 15) is 8.42 Å². The van der Waals surface area contributed by atoms with E-state index in [1.807, 2.05) is 6.92 Å². The molecule has 20 heavy (non-hydrogen) atoms. The van der Waals surface area contributed by atoms with E-state index >= 15 is 0 Å². The van der Waals surface area contributed by atoms with Crippen molar-refractivity contribution >= 4 is 9.84 Å². The molecule has 0 radical (unpaired) electrons. The average molecular weight is 305 g/mol. The first-order valence-electron chi connectivity index (χ1n) is 7.93. The van der Waals surface area contributed by atoms with Gasteiger partial charge in [-0.1, -0.05) is 27.7 Å². The molecule has 1 aliphatic heterocycles. The maximum Gasteiger partial charge on any atom is 0.151 e.